The van der Waals surface area contributed by atoms with Gasteiger partial charge in [0.1, 0.15) is 6.20 Å². The minimum absolute atomic E-state index is 0.155. The van der Waals surface area contributed by atoms with Crippen molar-refractivity contribution in [2.45, 2.75) is 12.3 Å². The SMILES string of the molecule is O=C(O)C(Cc1cccc(Br)c1)c1ccncc1[N+](=O)[O-]. The van der Waals surface area contributed by atoms with Crippen LogP contribution in [0.4, 0.5) is 5.69 Å². The first-order valence-corrected chi connectivity index (χ1v) is 6.84. The Bertz CT molecular complexity index is 690. The molecular formula is C14H11BrN2O4. The lowest BCUT2D eigenvalue weighted by Gasteiger charge is -2.13. The maximum atomic E-state index is 11.5. The number of hydrogen-bond acceptors (Lipinski definition) is 4. The zero-order valence-electron chi connectivity index (χ0n) is 10.8. The third kappa shape index (κ3) is 3.63. The fourth-order valence-electron chi connectivity index (χ4n) is 2.07. The molecule has 0 aliphatic heterocycles. The second-order valence-electron chi connectivity index (χ2n) is 4.42. The monoisotopic (exact) mass is 350 g/mol. The fourth-order valence-corrected chi connectivity index (χ4v) is 2.52. The number of carboxylic acid groups (broad SMARTS) is 1. The molecular weight excluding hydrogens is 340 g/mol. The number of nitrogens with zero attached hydrogens (tertiary/aromatic N) is 2. The van der Waals surface area contributed by atoms with Gasteiger partial charge in [0.25, 0.3) is 5.69 Å². The highest BCUT2D eigenvalue weighted by Crippen LogP contribution is 2.29. The molecule has 2 aromatic rings. The molecule has 0 spiro atoms. The van der Waals surface area contributed by atoms with Crippen LogP contribution in [0.5, 0.6) is 0 Å². The normalized spacial score (nSPS) is 11.9. The molecule has 1 unspecified atom stereocenters. The number of halogens is 1. The van der Waals surface area contributed by atoms with E-state index in [2.05, 4.69) is 20.9 Å². The number of aromatic nitrogens is 1. The van der Waals surface area contributed by atoms with E-state index in [1.165, 1.54) is 12.3 Å². The second-order valence-corrected chi connectivity index (χ2v) is 5.33. The van der Waals surface area contributed by atoms with E-state index in [4.69, 9.17) is 0 Å². The Morgan fingerprint density at radius 2 is 2.19 bits per heavy atom. The molecule has 0 amide bonds. The first-order valence-electron chi connectivity index (χ1n) is 6.04. The predicted octanol–water partition coefficient (Wildman–Crippen LogP) is 3.16. The van der Waals surface area contributed by atoms with Crippen molar-refractivity contribution in [3.63, 3.8) is 0 Å². The lowest BCUT2D eigenvalue weighted by molar-refractivity contribution is -0.386. The van der Waals surface area contributed by atoms with Gasteiger partial charge in [0.15, 0.2) is 0 Å². The summed E-state index contributed by atoms with van der Waals surface area (Å²) in [5.74, 6) is -2.10. The van der Waals surface area contributed by atoms with Crippen molar-refractivity contribution in [3.8, 4) is 0 Å². The standard InChI is InChI=1S/C14H11BrN2O4/c15-10-3-1-2-9(6-10)7-12(14(18)19)11-4-5-16-8-13(11)17(20)21/h1-6,8,12H,7H2,(H,18,19). The van der Waals surface area contributed by atoms with E-state index in [0.29, 0.717) is 0 Å². The molecule has 0 aliphatic rings. The number of rotatable bonds is 5. The van der Waals surface area contributed by atoms with E-state index in [0.717, 1.165) is 16.2 Å². The molecule has 21 heavy (non-hydrogen) atoms. The van der Waals surface area contributed by atoms with Gasteiger partial charge in [-0.1, -0.05) is 28.1 Å². The Morgan fingerprint density at radius 3 is 2.81 bits per heavy atom. The third-order valence-electron chi connectivity index (χ3n) is 3.03. The number of nitro groups is 1. The molecule has 1 aromatic carbocycles. The van der Waals surface area contributed by atoms with Crippen LogP contribution in [-0.2, 0) is 11.2 Å². The summed E-state index contributed by atoms with van der Waals surface area (Å²) in [7, 11) is 0. The van der Waals surface area contributed by atoms with Crippen LogP contribution in [0.15, 0.2) is 47.2 Å². The quantitative estimate of drug-likeness (QED) is 0.660. The average molecular weight is 351 g/mol. The third-order valence-corrected chi connectivity index (χ3v) is 3.53. The smallest absolute Gasteiger partial charge is 0.311 e. The molecule has 0 aliphatic carbocycles. The van der Waals surface area contributed by atoms with Gasteiger partial charge in [-0.3, -0.25) is 19.9 Å². The Labute approximate surface area is 128 Å². The van der Waals surface area contributed by atoms with Gasteiger partial charge in [0.2, 0.25) is 0 Å². The molecule has 108 valence electrons. The zero-order chi connectivity index (χ0) is 15.4. The molecule has 0 radical (unpaired) electrons. The molecule has 0 saturated carbocycles. The number of aliphatic carboxylic acids is 1. The lowest BCUT2D eigenvalue weighted by Crippen LogP contribution is -2.16. The highest BCUT2D eigenvalue weighted by atomic mass is 79.9. The number of benzene rings is 1. The van der Waals surface area contributed by atoms with Gasteiger partial charge in [-0.25, -0.2) is 0 Å². The van der Waals surface area contributed by atoms with E-state index >= 15 is 0 Å². The van der Waals surface area contributed by atoms with Crippen molar-refractivity contribution in [2.24, 2.45) is 0 Å². The lowest BCUT2D eigenvalue weighted by atomic mass is 9.92. The van der Waals surface area contributed by atoms with Crippen LogP contribution in [0, 0.1) is 10.1 Å². The molecule has 6 nitrogen and oxygen atoms in total. The summed E-state index contributed by atoms with van der Waals surface area (Å²) < 4.78 is 0.827. The Hall–Kier alpha value is -2.28. The Morgan fingerprint density at radius 1 is 1.43 bits per heavy atom. The van der Waals surface area contributed by atoms with Crippen molar-refractivity contribution in [3.05, 3.63) is 68.4 Å². The van der Waals surface area contributed by atoms with Crippen molar-refractivity contribution in [2.75, 3.05) is 0 Å². The summed E-state index contributed by atoms with van der Waals surface area (Å²) in [4.78, 5) is 25.6. The second kappa shape index (κ2) is 6.45. The van der Waals surface area contributed by atoms with Crippen LogP contribution < -0.4 is 0 Å². The van der Waals surface area contributed by atoms with Gasteiger partial charge in [0, 0.05) is 16.2 Å². The zero-order valence-corrected chi connectivity index (χ0v) is 12.4. The number of pyridine rings is 1. The molecule has 0 bridgehead atoms. The van der Waals surface area contributed by atoms with Crippen molar-refractivity contribution in [1.29, 1.82) is 0 Å². The maximum absolute atomic E-state index is 11.5. The van der Waals surface area contributed by atoms with Gasteiger partial charge >= 0.3 is 5.97 Å². The van der Waals surface area contributed by atoms with Crippen LogP contribution in [0.25, 0.3) is 0 Å². The minimum Gasteiger partial charge on any atom is -0.481 e. The van der Waals surface area contributed by atoms with E-state index < -0.39 is 16.8 Å². The van der Waals surface area contributed by atoms with E-state index in [-0.39, 0.29) is 17.7 Å². The van der Waals surface area contributed by atoms with Gasteiger partial charge in [-0.2, -0.15) is 0 Å². The van der Waals surface area contributed by atoms with Crippen LogP contribution in [-0.4, -0.2) is 21.0 Å². The first kappa shape index (κ1) is 15.1. The molecule has 1 aromatic heterocycles. The van der Waals surface area contributed by atoms with E-state index in [1.54, 1.807) is 18.2 Å². The summed E-state index contributed by atoms with van der Waals surface area (Å²) >= 11 is 3.32. The fraction of sp³-hybridized carbons (Fsp3) is 0.143. The van der Waals surface area contributed by atoms with Gasteiger partial charge in [-0.05, 0) is 30.2 Å². The number of carbonyl (C=O) groups is 1. The summed E-state index contributed by atoms with van der Waals surface area (Å²) in [6, 6.07) is 8.58. The van der Waals surface area contributed by atoms with Gasteiger partial charge < -0.3 is 5.11 Å². The average Bonchev–Trinajstić information content (AvgIpc) is 2.44. The van der Waals surface area contributed by atoms with Gasteiger partial charge in [0.05, 0.1) is 10.8 Å². The van der Waals surface area contributed by atoms with Crippen LogP contribution in [0.2, 0.25) is 0 Å². The van der Waals surface area contributed by atoms with Crippen molar-refractivity contribution >= 4 is 27.6 Å². The summed E-state index contributed by atoms with van der Waals surface area (Å²) in [6.45, 7) is 0. The number of carboxylic acids is 1. The molecule has 0 fully saturated rings. The highest BCUT2D eigenvalue weighted by molar-refractivity contribution is 9.10. The molecule has 2 rings (SSSR count). The maximum Gasteiger partial charge on any atom is 0.311 e. The largest absolute Gasteiger partial charge is 0.481 e. The van der Waals surface area contributed by atoms with E-state index in [9.17, 15) is 20.0 Å². The molecule has 1 heterocycles. The predicted molar refractivity (Wildman–Crippen MR) is 79.1 cm³/mol. The van der Waals surface area contributed by atoms with Gasteiger partial charge in [-0.15, -0.1) is 0 Å². The van der Waals surface area contributed by atoms with Crippen LogP contribution in [0.3, 0.4) is 0 Å². The molecule has 0 saturated heterocycles. The molecule has 1 N–H and O–H groups in total. The minimum atomic E-state index is -1.11. The highest BCUT2D eigenvalue weighted by Gasteiger charge is 2.28. The molecule has 7 heteroatoms. The van der Waals surface area contributed by atoms with Crippen molar-refractivity contribution in [1.82, 2.24) is 4.98 Å². The summed E-state index contributed by atoms with van der Waals surface area (Å²) in [5, 5.41) is 20.4. The summed E-state index contributed by atoms with van der Waals surface area (Å²) in [6.07, 6.45) is 2.60. The number of hydrogen-bond donors (Lipinski definition) is 1. The Kier molecular flexibility index (Phi) is 4.64. The topological polar surface area (TPSA) is 93.3 Å². The van der Waals surface area contributed by atoms with Crippen LogP contribution >= 0.6 is 15.9 Å². The first-order chi connectivity index (χ1) is 9.99. The summed E-state index contributed by atoms with van der Waals surface area (Å²) in [5.41, 5.74) is 0.658. The molecule has 1 atom stereocenters. The Balaban J connectivity index is 2.41. The van der Waals surface area contributed by atoms with E-state index in [1.807, 2.05) is 6.07 Å². The van der Waals surface area contributed by atoms with Crippen LogP contribution in [0.1, 0.15) is 17.0 Å². The van der Waals surface area contributed by atoms with Crippen molar-refractivity contribution < 1.29 is 14.8 Å².